The SMILES string of the molecule is CCOC(=O)c1oc2ccc(S(=O)(=O)NC3CC4CCC(C3)N4)cc2c1C.Cl. The van der Waals surface area contributed by atoms with Crippen LogP contribution >= 0.6 is 12.4 Å². The van der Waals surface area contributed by atoms with E-state index in [1.807, 2.05) is 0 Å². The van der Waals surface area contributed by atoms with Crippen LogP contribution in [0.5, 0.6) is 0 Å². The summed E-state index contributed by atoms with van der Waals surface area (Å²) in [5.74, 6) is -0.428. The molecule has 2 bridgehead atoms. The van der Waals surface area contributed by atoms with Crippen LogP contribution in [0.15, 0.2) is 27.5 Å². The third kappa shape index (κ3) is 3.91. The Bertz CT molecular complexity index is 976. The Hall–Kier alpha value is -1.61. The van der Waals surface area contributed by atoms with Crippen LogP contribution in [-0.4, -0.2) is 39.1 Å². The van der Waals surface area contributed by atoms with Gasteiger partial charge in [-0.25, -0.2) is 17.9 Å². The Kier molecular flexibility index (Phi) is 6.05. The average molecular weight is 429 g/mol. The van der Waals surface area contributed by atoms with Gasteiger partial charge < -0.3 is 14.5 Å². The number of piperidine rings is 1. The van der Waals surface area contributed by atoms with Gasteiger partial charge in [0.05, 0.1) is 11.5 Å². The molecule has 0 amide bonds. The molecule has 154 valence electrons. The van der Waals surface area contributed by atoms with Gasteiger partial charge in [-0.2, -0.15) is 0 Å². The molecule has 0 spiro atoms. The van der Waals surface area contributed by atoms with Crippen molar-refractivity contribution in [1.29, 1.82) is 0 Å². The molecule has 2 saturated heterocycles. The first-order valence-corrected chi connectivity index (χ1v) is 10.8. The molecule has 1 aromatic carbocycles. The highest BCUT2D eigenvalue weighted by Gasteiger charge is 2.35. The van der Waals surface area contributed by atoms with E-state index in [1.165, 1.54) is 6.07 Å². The monoisotopic (exact) mass is 428 g/mol. The number of halogens is 1. The van der Waals surface area contributed by atoms with Gasteiger partial charge in [0.1, 0.15) is 5.58 Å². The molecule has 2 N–H and O–H groups in total. The largest absolute Gasteiger partial charge is 0.460 e. The van der Waals surface area contributed by atoms with E-state index in [4.69, 9.17) is 9.15 Å². The van der Waals surface area contributed by atoms with Crippen molar-refractivity contribution in [2.75, 3.05) is 6.61 Å². The lowest BCUT2D eigenvalue weighted by atomic mass is 10.0. The van der Waals surface area contributed by atoms with E-state index < -0.39 is 16.0 Å². The Labute approximate surface area is 170 Å². The molecule has 0 saturated carbocycles. The first-order chi connectivity index (χ1) is 12.9. The van der Waals surface area contributed by atoms with Crippen LogP contribution in [0, 0.1) is 6.92 Å². The molecule has 2 unspecified atom stereocenters. The highest BCUT2D eigenvalue weighted by atomic mass is 35.5. The van der Waals surface area contributed by atoms with Crippen LogP contribution in [0.1, 0.15) is 48.7 Å². The normalized spacial score (nSPS) is 24.1. The minimum atomic E-state index is -3.64. The molecule has 2 fully saturated rings. The molecule has 2 aromatic rings. The quantitative estimate of drug-likeness (QED) is 0.710. The number of furan rings is 1. The number of nitrogens with one attached hydrogen (secondary N) is 2. The lowest BCUT2D eigenvalue weighted by Gasteiger charge is -2.29. The topological polar surface area (TPSA) is 97.6 Å². The van der Waals surface area contributed by atoms with Crippen molar-refractivity contribution in [2.24, 2.45) is 0 Å². The summed E-state index contributed by atoms with van der Waals surface area (Å²) in [7, 11) is -3.64. The zero-order valence-corrected chi connectivity index (χ0v) is 17.5. The van der Waals surface area contributed by atoms with Crippen LogP contribution in [0.25, 0.3) is 11.0 Å². The maximum Gasteiger partial charge on any atom is 0.374 e. The van der Waals surface area contributed by atoms with Gasteiger partial charge in [-0.1, -0.05) is 0 Å². The third-order valence-electron chi connectivity index (χ3n) is 5.47. The molecule has 1 aromatic heterocycles. The second kappa shape index (κ2) is 8.02. The summed E-state index contributed by atoms with van der Waals surface area (Å²) in [5.41, 5.74) is 1.05. The Morgan fingerprint density at radius 1 is 1.29 bits per heavy atom. The maximum atomic E-state index is 12.9. The van der Waals surface area contributed by atoms with E-state index in [0.29, 0.717) is 28.6 Å². The molecule has 28 heavy (non-hydrogen) atoms. The van der Waals surface area contributed by atoms with Gasteiger partial charge in [-0.3, -0.25) is 0 Å². The van der Waals surface area contributed by atoms with Gasteiger partial charge in [0.15, 0.2) is 0 Å². The van der Waals surface area contributed by atoms with Crippen molar-refractivity contribution in [2.45, 2.75) is 62.6 Å². The molecule has 3 heterocycles. The Balaban J connectivity index is 0.00000225. The fourth-order valence-electron chi connectivity index (χ4n) is 4.20. The minimum Gasteiger partial charge on any atom is -0.460 e. The van der Waals surface area contributed by atoms with E-state index >= 15 is 0 Å². The van der Waals surface area contributed by atoms with Crippen molar-refractivity contribution in [3.05, 3.63) is 29.5 Å². The van der Waals surface area contributed by atoms with Crippen molar-refractivity contribution >= 4 is 39.4 Å². The molecule has 2 aliphatic rings. The molecule has 7 nitrogen and oxygen atoms in total. The number of carbonyl (C=O) groups excluding carboxylic acids is 1. The molecular formula is C19H25ClN2O5S. The number of aryl methyl sites for hydroxylation is 1. The summed E-state index contributed by atoms with van der Waals surface area (Å²) in [6.07, 6.45) is 3.85. The molecule has 4 rings (SSSR count). The van der Waals surface area contributed by atoms with Crippen LogP contribution in [0.3, 0.4) is 0 Å². The van der Waals surface area contributed by atoms with E-state index in [0.717, 1.165) is 25.7 Å². The lowest BCUT2D eigenvalue weighted by Crippen LogP contribution is -2.47. The second-order valence-corrected chi connectivity index (χ2v) is 9.08. The maximum absolute atomic E-state index is 12.9. The van der Waals surface area contributed by atoms with E-state index in [1.54, 1.807) is 26.0 Å². The van der Waals surface area contributed by atoms with Crippen molar-refractivity contribution in [3.63, 3.8) is 0 Å². The zero-order valence-electron chi connectivity index (χ0n) is 15.9. The van der Waals surface area contributed by atoms with Crippen LogP contribution < -0.4 is 10.0 Å². The number of sulfonamides is 1. The second-order valence-electron chi connectivity index (χ2n) is 7.36. The van der Waals surface area contributed by atoms with E-state index in [2.05, 4.69) is 10.0 Å². The third-order valence-corrected chi connectivity index (χ3v) is 6.99. The molecule has 0 aliphatic carbocycles. The predicted molar refractivity (Wildman–Crippen MR) is 107 cm³/mol. The Morgan fingerprint density at radius 3 is 2.61 bits per heavy atom. The predicted octanol–water partition coefficient (Wildman–Crippen LogP) is 2.90. The summed E-state index contributed by atoms with van der Waals surface area (Å²) in [5, 5.41) is 4.11. The van der Waals surface area contributed by atoms with Gasteiger partial charge >= 0.3 is 5.97 Å². The summed E-state index contributed by atoms with van der Waals surface area (Å²) in [6.45, 7) is 3.70. The molecule has 2 aliphatic heterocycles. The number of carbonyl (C=O) groups is 1. The zero-order chi connectivity index (χ0) is 19.2. The summed E-state index contributed by atoms with van der Waals surface area (Å²) in [6, 6.07) is 5.42. The van der Waals surface area contributed by atoms with Gasteiger partial charge in [0.25, 0.3) is 0 Å². The standard InChI is InChI=1S/C19H24N2O5S.ClH/c1-3-25-19(22)18-11(2)16-10-15(6-7-17(16)26-18)27(23,24)21-14-8-12-4-5-13(9-14)20-12;/h6-7,10,12-14,20-21H,3-5,8-9H2,1-2H3;1H. The number of hydrogen-bond donors (Lipinski definition) is 2. The number of benzene rings is 1. The first kappa shape index (κ1) is 21.1. The first-order valence-electron chi connectivity index (χ1n) is 9.36. The highest BCUT2D eigenvalue weighted by molar-refractivity contribution is 7.89. The number of esters is 1. The van der Waals surface area contributed by atoms with Crippen LogP contribution in [0.4, 0.5) is 0 Å². The van der Waals surface area contributed by atoms with Crippen molar-refractivity contribution in [3.8, 4) is 0 Å². The highest BCUT2D eigenvalue weighted by Crippen LogP contribution is 2.30. The van der Waals surface area contributed by atoms with Gasteiger partial charge in [-0.05, 0) is 57.7 Å². The van der Waals surface area contributed by atoms with Gasteiger partial charge in [0.2, 0.25) is 15.8 Å². The minimum absolute atomic E-state index is 0. The Morgan fingerprint density at radius 2 is 1.96 bits per heavy atom. The van der Waals surface area contributed by atoms with E-state index in [9.17, 15) is 13.2 Å². The smallest absolute Gasteiger partial charge is 0.374 e. The van der Waals surface area contributed by atoms with Gasteiger partial charge in [0, 0.05) is 29.1 Å². The number of hydrogen-bond acceptors (Lipinski definition) is 6. The molecule has 0 radical (unpaired) electrons. The van der Waals surface area contributed by atoms with Crippen molar-refractivity contribution in [1.82, 2.24) is 10.0 Å². The van der Waals surface area contributed by atoms with Crippen LogP contribution in [0.2, 0.25) is 0 Å². The molecule has 2 atom stereocenters. The van der Waals surface area contributed by atoms with E-state index in [-0.39, 0.29) is 35.7 Å². The number of rotatable bonds is 5. The fourth-order valence-corrected chi connectivity index (χ4v) is 5.49. The number of fused-ring (bicyclic) bond motifs is 3. The summed E-state index contributed by atoms with van der Waals surface area (Å²) >= 11 is 0. The summed E-state index contributed by atoms with van der Waals surface area (Å²) in [4.78, 5) is 12.2. The van der Waals surface area contributed by atoms with Crippen molar-refractivity contribution < 1.29 is 22.4 Å². The molecular weight excluding hydrogens is 404 g/mol. The molecule has 9 heteroatoms. The average Bonchev–Trinajstić information content (AvgIpc) is 3.14. The lowest BCUT2D eigenvalue weighted by molar-refractivity contribution is 0.0491. The summed E-state index contributed by atoms with van der Waals surface area (Å²) < 4.78 is 39.2. The fraction of sp³-hybridized carbons (Fsp3) is 0.526. The van der Waals surface area contributed by atoms with Crippen LogP contribution in [-0.2, 0) is 14.8 Å². The number of ether oxygens (including phenoxy) is 1. The van der Waals surface area contributed by atoms with Gasteiger partial charge in [-0.15, -0.1) is 12.4 Å².